The number of para-hydroxylation sites is 1. The molecule has 2 nitrogen and oxygen atoms in total. The number of benzene rings is 1. The minimum Gasteiger partial charge on any atom is -0.391 e. The number of β-amino-alcohol motifs (C(OH)–C–C–N with tert-alkyl or cyclic N) is 1. The fourth-order valence-corrected chi connectivity index (χ4v) is 1.88. The Morgan fingerprint density at radius 1 is 1.38 bits per heavy atom. The molecule has 13 heavy (non-hydrogen) atoms. The molecule has 1 aliphatic heterocycles. The van der Waals surface area contributed by atoms with Gasteiger partial charge in [0.1, 0.15) is 0 Å². The summed E-state index contributed by atoms with van der Waals surface area (Å²) in [5.74, 6) is 0. The van der Waals surface area contributed by atoms with Crippen LogP contribution in [0.2, 0.25) is 0 Å². The Morgan fingerprint density at radius 3 is 2.77 bits per heavy atom. The van der Waals surface area contributed by atoms with Crippen molar-refractivity contribution in [1.82, 2.24) is 0 Å². The Morgan fingerprint density at radius 2 is 2.15 bits per heavy atom. The Bertz CT molecular complexity index is 298. The van der Waals surface area contributed by atoms with Gasteiger partial charge in [0.2, 0.25) is 0 Å². The van der Waals surface area contributed by atoms with Crippen LogP contribution >= 0.6 is 0 Å². The maximum absolute atomic E-state index is 9.41. The topological polar surface area (TPSA) is 23.5 Å². The zero-order valence-electron chi connectivity index (χ0n) is 7.90. The van der Waals surface area contributed by atoms with Gasteiger partial charge in [-0.2, -0.15) is 0 Å². The van der Waals surface area contributed by atoms with Gasteiger partial charge in [-0.15, -0.1) is 0 Å². The third-order valence-electron chi connectivity index (χ3n) is 2.62. The third kappa shape index (κ3) is 1.68. The summed E-state index contributed by atoms with van der Waals surface area (Å²) in [5.41, 5.74) is 2.55. The molecule has 0 aromatic heterocycles. The molecule has 0 spiro atoms. The molecular formula is C11H15NO. The first-order chi connectivity index (χ1) is 6.27. The molecule has 1 aliphatic rings. The fourth-order valence-electron chi connectivity index (χ4n) is 1.88. The van der Waals surface area contributed by atoms with E-state index >= 15 is 0 Å². The highest BCUT2D eigenvalue weighted by molar-refractivity contribution is 5.53. The van der Waals surface area contributed by atoms with E-state index in [4.69, 9.17) is 0 Å². The predicted octanol–water partition coefficient (Wildman–Crippen LogP) is 1.57. The molecule has 0 aliphatic carbocycles. The molecule has 0 unspecified atom stereocenters. The molecule has 70 valence electrons. The molecule has 1 saturated heterocycles. The molecule has 1 N–H and O–H groups in total. The molecule has 0 radical (unpaired) electrons. The molecular weight excluding hydrogens is 162 g/mol. The van der Waals surface area contributed by atoms with Crippen LogP contribution in [0.1, 0.15) is 12.0 Å². The second-order valence-electron chi connectivity index (χ2n) is 3.68. The lowest BCUT2D eigenvalue weighted by atomic mass is 10.2. The lowest BCUT2D eigenvalue weighted by Gasteiger charge is -2.19. The second kappa shape index (κ2) is 3.38. The average molecular weight is 177 g/mol. The van der Waals surface area contributed by atoms with Crippen LogP contribution in [0.5, 0.6) is 0 Å². The maximum Gasteiger partial charge on any atom is 0.0731 e. The van der Waals surface area contributed by atoms with Crippen LogP contribution in [0, 0.1) is 6.92 Å². The van der Waals surface area contributed by atoms with Gasteiger partial charge in [-0.25, -0.2) is 0 Å². The van der Waals surface area contributed by atoms with E-state index in [2.05, 4.69) is 24.0 Å². The van der Waals surface area contributed by atoms with Gasteiger partial charge in [-0.3, -0.25) is 0 Å². The van der Waals surface area contributed by atoms with E-state index in [1.54, 1.807) is 0 Å². The van der Waals surface area contributed by atoms with Crippen LogP contribution in [0.15, 0.2) is 24.3 Å². The highest BCUT2D eigenvalue weighted by Gasteiger charge is 2.20. The summed E-state index contributed by atoms with van der Waals surface area (Å²) < 4.78 is 0. The van der Waals surface area contributed by atoms with E-state index in [0.717, 1.165) is 19.5 Å². The highest BCUT2D eigenvalue weighted by atomic mass is 16.3. The smallest absolute Gasteiger partial charge is 0.0731 e. The summed E-state index contributed by atoms with van der Waals surface area (Å²) in [4.78, 5) is 2.25. The minimum atomic E-state index is -0.139. The first kappa shape index (κ1) is 8.57. The number of aliphatic hydroxyl groups excluding tert-OH is 1. The Labute approximate surface area is 78.8 Å². The van der Waals surface area contributed by atoms with Crippen molar-refractivity contribution >= 4 is 5.69 Å². The van der Waals surface area contributed by atoms with Crippen molar-refractivity contribution < 1.29 is 5.11 Å². The number of aryl methyl sites for hydroxylation is 1. The van der Waals surface area contributed by atoms with Crippen LogP contribution in [-0.4, -0.2) is 24.3 Å². The minimum absolute atomic E-state index is 0.139. The predicted molar refractivity (Wildman–Crippen MR) is 54.0 cm³/mol. The van der Waals surface area contributed by atoms with E-state index in [1.165, 1.54) is 11.3 Å². The van der Waals surface area contributed by atoms with Gasteiger partial charge in [0.15, 0.2) is 0 Å². The molecule has 2 heteroatoms. The SMILES string of the molecule is Cc1ccccc1N1CC[C@H](O)C1. The summed E-state index contributed by atoms with van der Waals surface area (Å²) in [7, 11) is 0. The van der Waals surface area contributed by atoms with Crippen molar-refractivity contribution in [2.24, 2.45) is 0 Å². The summed E-state index contributed by atoms with van der Waals surface area (Å²) in [5, 5.41) is 9.41. The van der Waals surface area contributed by atoms with Crippen molar-refractivity contribution in [3.63, 3.8) is 0 Å². The Hall–Kier alpha value is -1.02. The van der Waals surface area contributed by atoms with Crippen LogP contribution in [-0.2, 0) is 0 Å². The van der Waals surface area contributed by atoms with Gasteiger partial charge in [0.25, 0.3) is 0 Å². The van der Waals surface area contributed by atoms with Gasteiger partial charge < -0.3 is 10.0 Å². The number of aliphatic hydroxyl groups is 1. The van der Waals surface area contributed by atoms with Gasteiger partial charge >= 0.3 is 0 Å². The zero-order valence-corrected chi connectivity index (χ0v) is 7.90. The molecule has 2 rings (SSSR count). The van der Waals surface area contributed by atoms with Crippen LogP contribution in [0.3, 0.4) is 0 Å². The molecule has 1 aromatic rings. The summed E-state index contributed by atoms with van der Waals surface area (Å²) in [6.45, 7) is 3.87. The fraction of sp³-hybridized carbons (Fsp3) is 0.455. The number of anilines is 1. The van der Waals surface area contributed by atoms with E-state index in [9.17, 15) is 5.11 Å². The second-order valence-corrected chi connectivity index (χ2v) is 3.68. The van der Waals surface area contributed by atoms with Crippen molar-refractivity contribution in [2.45, 2.75) is 19.4 Å². The zero-order chi connectivity index (χ0) is 9.26. The van der Waals surface area contributed by atoms with Crippen molar-refractivity contribution in [1.29, 1.82) is 0 Å². The van der Waals surface area contributed by atoms with Crippen LogP contribution in [0.25, 0.3) is 0 Å². The summed E-state index contributed by atoms with van der Waals surface area (Å²) in [6, 6.07) is 8.33. The highest BCUT2D eigenvalue weighted by Crippen LogP contribution is 2.23. The number of rotatable bonds is 1. The number of hydrogen-bond acceptors (Lipinski definition) is 2. The van der Waals surface area contributed by atoms with Gasteiger partial charge in [0, 0.05) is 18.8 Å². The maximum atomic E-state index is 9.41. The quantitative estimate of drug-likeness (QED) is 0.703. The number of hydrogen-bond donors (Lipinski definition) is 1. The van der Waals surface area contributed by atoms with Gasteiger partial charge in [0.05, 0.1) is 6.10 Å². The first-order valence-electron chi connectivity index (χ1n) is 4.76. The monoisotopic (exact) mass is 177 g/mol. The average Bonchev–Trinajstić information content (AvgIpc) is 2.53. The van der Waals surface area contributed by atoms with E-state index < -0.39 is 0 Å². The largest absolute Gasteiger partial charge is 0.391 e. The van der Waals surface area contributed by atoms with Gasteiger partial charge in [-0.05, 0) is 25.0 Å². The third-order valence-corrected chi connectivity index (χ3v) is 2.62. The summed E-state index contributed by atoms with van der Waals surface area (Å²) >= 11 is 0. The molecule has 1 heterocycles. The normalized spacial score (nSPS) is 22.3. The van der Waals surface area contributed by atoms with E-state index in [0.29, 0.717) is 0 Å². The molecule has 1 fully saturated rings. The molecule has 1 atom stereocenters. The van der Waals surface area contributed by atoms with E-state index in [1.807, 2.05) is 12.1 Å². The Kier molecular flexibility index (Phi) is 2.23. The lowest BCUT2D eigenvalue weighted by Crippen LogP contribution is -2.21. The van der Waals surface area contributed by atoms with Crippen molar-refractivity contribution in [2.75, 3.05) is 18.0 Å². The van der Waals surface area contributed by atoms with Crippen molar-refractivity contribution in [3.05, 3.63) is 29.8 Å². The van der Waals surface area contributed by atoms with Crippen LogP contribution < -0.4 is 4.90 Å². The van der Waals surface area contributed by atoms with E-state index in [-0.39, 0.29) is 6.10 Å². The van der Waals surface area contributed by atoms with Gasteiger partial charge in [-0.1, -0.05) is 18.2 Å². The standard InChI is InChI=1S/C11H15NO/c1-9-4-2-3-5-11(9)12-7-6-10(13)8-12/h2-5,10,13H,6-8H2,1H3/t10-/m0/s1. The lowest BCUT2D eigenvalue weighted by molar-refractivity contribution is 0.198. The molecule has 0 saturated carbocycles. The van der Waals surface area contributed by atoms with Crippen LogP contribution in [0.4, 0.5) is 5.69 Å². The molecule has 1 aromatic carbocycles. The first-order valence-corrected chi connectivity index (χ1v) is 4.76. The molecule has 0 amide bonds. The summed E-state index contributed by atoms with van der Waals surface area (Å²) in [6.07, 6.45) is 0.758. The number of nitrogens with zero attached hydrogens (tertiary/aromatic N) is 1. The molecule has 0 bridgehead atoms. The van der Waals surface area contributed by atoms with Crippen molar-refractivity contribution in [3.8, 4) is 0 Å². The Balaban J connectivity index is 2.21.